The smallest absolute Gasteiger partial charge is 0.244 e. The van der Waals surface area contributed by atoms with Gasteiger partial charge < -0.3 is 14.4 Å². The molecule has 0 fully saturated rings. The molecule has 1 aliphatic heterocycles. The molecule has 0 atom stereocenters. The highest BCUT2D eigenvalue weighted by Gasteiger charge is 2.17. The summed E-state index contributed by atoms with van der Waals surface area (Å²) in [6, 6.07) is 12.9. The van der Waals surface area contributed by atoms with Crippen LogP contribution in [0.2, 0.25) is 0 Å². The molecule has 0 unspecified atom stereocenters. The van der Waals surface area contributed by atoms with Crippen LogP contribution in [0.25, 0.3) is 10.9 Å². The maximum absolute atomic E-state index is 12.9. The van der Waals surface area contributed by atoms with Gasteiger partial charge in [0, 0.05) is 18.5 Å². The summed E-state index contributed by atoms with van der Waals surface area (Å²) >= 11 is 0. The minimum atomic E-state index is -0.150. The molecular weight excluding hydrogens is 358 g/mol. The molecule has 144 valence electrons. The summed E-state index contributed by atoms with van der Waals surface area (Å²) in [6.07, 6.45) is 1.26. The number of carbonyl (C=O) groups excluding carboxylic acids is 1. The molecule has 3 aromatic rings. The zero-order chi connectivity index (χ0) is 19.5. The molecule has 2 aromatic carbocycles. The molecule has 0 spiro atoms. The van der Waals surface area contributed by atoms with Crippen LogP contribution in [0, 0.1) is 0 Å². The van der Waals surface area contributed by atoms with Gasteiger partial charge in [-0.25, -0.2) is 0 Å². The molecule has 1 amide bonds. The Balaban J connectivity index is 1.54. The van der Waals surface area contributed by atoms with E-state index in [1.807, 2.05) is 31.2 Å². The van der Waals surface area contributed by atoms with Crippen molar-refractivity contribution in [3.8, 4) is 11.5 Å². The lowest BCUT2D eigenvalue weighted by molar-refractivity contribution is -0.132. The number of carbonyl (C=O) groups is 1. The lowest BCUT2D eigenvalue weighted by atomic mass is 10.1. The summed E-state index contributed by atoms with van der Waals surface area (Å²) in [5, 5.41) is 4.70. The molecule has 2 heterocycles. The first kappa shape index (κ1) is 18.0. The Kier molecular flexibility index (Phi) is 4.97. The van der Waals surface area contributed by atoms with Crippen LogP contribution in [0.1, 0.15) is 12.5 Å². The van der Waals surface area contributed by atoms with Crippen molar-refractivity contribution in [2.24, 2.45) is 0 Å². The fourth-order valence-corrected chi connectivity index (χ4v) is 3.30. The van der Waals surface area contributed by atoms with Crippen molar-refractivity contribution in [3.63, 3.8) is 0 Å². The molecule has 7 nitrogen and oxygen atoms in total. The fraction of sp³-hybridized carbons (Fsp3) is 0.286. The van der Waals surface area contributed by atoms with E-state index in [4.69, 9.17) is 9.47 Å². The predicted molar refractivity (Wildman–Crippen MR) is 105 cm³/mol. The van der Waals surface area contributed by atoms with Gasteiger partial charge in [0.1, 0.15) is 19.8 Å². The van der Waals surface area contributed by atoms with E-state index < -0.39 is 0 Å². The lowest BCUT2D eigenvalue weighted by Crippen LogP contribution is -2.34. The van der Waals surface area contributed by atoms with Crippen LogP contribution in [0.5, 0.6) is 11.5 Å². The van der Waals surface area contributed by atoms with E-state index in [0.29, 0.717) is 43.0 Å². The van der Waals surface area contributed by atoms with Crippen molar-refractivity contribution in [2.45, 2.75) is 20.0 Å². The number of amides is 1. The Labute approximate surface area is 162 Å². The van der Waals surface area contributed by atoms with Gasteiger partial charge in [-0.2, -0.15) is 5.10 Å². The predicted octanol–water partition coefficient (Wildman–Crippen LogP) is 2.22. The average Bonchev–Trinajstić information content (AvgIpc) is 2.74. The third kappa shape index (κ3) is 3.55. The number of aromatic nitrogens is 2. The van der Waals surface area contributed by atoms with E-state index in [0.717, 1.165) is 11.3 Å². The summed E-state index contributed by atoms with van der Waals surface area (Å²) in [5.41, 5.74) is 1.47. The Hall–Kier alpha value is -3.35. The number of likely N-dealkylation sites (N-methyl/N-ethyl adjacent to an activating group) is 1. The van der Waals surface area contributed by atoms with E-state index in [-0.39, 0.29) is 17.9 Å². The van der Waals surface area contributed by atoms with Gasteiger partial charge in [0.2, 0.25) is 11.3 Å². The number of ether oxygens (including phenoxy) is 2. The average molecular weight is 379 g/mol. The van der Waals surface area contributed by atoms with Gasteiger partial charge in [0.15, 0.2) is 11.5 Å². The molecule has 0 aliphatic carbocycles. The highest BCUT2D eigenvalue weighted by molar-refractivity contribution is 5.81. The molecule has 0 radical (unpaired) electrons. The van der Waals surface area contributed by atoms with Gasteiger partial charge in [0.05, 0.1) is 11.7 Å². The number of nitrogens with zero attached hydrogens (tertiary/aromatic N) is 3. The summed E-state index contributed by atoms with van der Waals surface area (Å²) in [4.78, 5) is 26.6. The van der Waals surface area contributed by atoms with E-state index in [2.05, 4.69) is 5.10 Å². The molecular formula is C21H21N3O4. The van der Waals surface area contributed by atoms with Crippen LogP contribution in [0.15, 0.2) is 53.5 Å². The first-order valence-corrected chi connectivity index (χ1v) is 9.27. The standard InChI is InChI=1S/C21H21N3O4/c1-2-23(13-15-7-8-19-20(11-15)28-10-9-27-19)21(26)14-24-17-6-4-3-5-16(17)18(25)12-22-24/h3-8,11-12H,2,9-10,13-14H2,1H3. The first-order chi connectivity index (χ1) is 13.7. The highest BCUT2D eigenvalue weighted by atomic mass is 16.6. The molecule has 1 aromatic heterocycles. The topological polar surface area (TPSA) is 73.7 Å². The van der Waals surface area contributed by atoms with Crippen molar-refractivity contribution in [3.05, 3.63) is 64.4 Å². The van der Waals surface area contributed by atoms with Gasteiger partial charge >= 0.3 is 0 Å². The van der Waals surface area contributed by atoms with Gasteiger partial charge in [-0.05, 0) is 36.8 Å². The highest BCUT2D eigenvalue weighted by Crippen LogP contribution is 2.31. The normalized spacial score (nSPS) is 12.8. The molecule has 0 saturated heterocycles. The number of hydrogen-bond donors (Lipinski definition) is 0. The van der Waals surface area contributed by atoms with E-state index in [9.17, 15) is 9.59 Å². The monoisotopic (exact) mass is 379 g/mol. The quantitative estimate of drug-likeness (QED) is 0.680. The van der Waals surface area contributed by atoms with Crippen molar-refractivity contribution >= 4 is 16.8 Å². The minimum Gasteiger partial charge on any atom is -0.486 e. The lowest BCUT2D eigenvalue weighted by Gasteiger charge is -2.23. The van der Waals surface area contributed by atoms with Crippen molar-refractivity contribution in [1.29, 1.82) is 0 Å². The number of fused-ring (bicyclic) bond motifs is 2. The number of rotatable bonds is 5. The number of para-hydroxylation sites is 1. The van der Waals surface area contributed by atoms with Crippen molar-refractivity contribution in [1.82, 2.24) is 14.7 Å². The second-order valence-electron chi connectivity index (χ2n) is 6.57. The Morgan fingerprint density at radius 1 is 1.14 bits per heavy atom. The van der Waals surface area contributed by atoms with Crippen LogP contribution < -0.4 is 14.9 Å². The molecule has 7 heteroatoms. The zero-order valence-electron chi connectivity index (χ0n) is 15.6. The Bertz CT molecular complexity index is 1080. The van der Waals surface area contributed by atoms with E-state index >= 15 is 0 Å². The molecule has 4 rings (SSSR count). The molecule has 28 heavy (non-hydrogen) atoms. The maximum atomic E-state index is 12.9. The summed E-state index contributed by atoms with van der Waals surface area (Å²) in [5.74, 6) is 1.37. The summed E-state index contributed by atoms with van der Waals surface area (Å²) in [6.45, 7) is 4.10. The molecule has 1 aliphatic rings. The number of hydrogen-bond acceptors (Lipinski definition) is 5. The van der Waals surface area contributed by atoms with Crippen LogP contribution in [-0.2, 0) is 17.9 Å². The van der Waals surface area contributed by atoms with Crippen LogP contribution in [0.3, 0.4) is 0 Å². The first-order valence-electron chi connectivity index (χ1n) is 9.27. The van der Waals surface area contributed by atoms with Crippen LogP contribution in [-0.4, -0.2) is 40.3 Å². The van der Waals surface area contributed by atoms with Gasteiger partial charge in [0.25, 0.3) is 0 Å². The largest absolute Gasteiger partial charge is 0.486 e. The van der Waals surface area contributed by atoms with Gasteiger partial charge in [-0.3, -0.25) is 14.3 Å². The minimum absolute atomic E-state index is 0.0686. The summed E-state index contributed by atoms with van der Waals surface area (Å²) < 4.78 is 12.7. The third-order valence-corrected chi connectivity index (χ3v) is 4.76. The van der Waals surface area contributed by atoms with Gasteiger partial charge in [-0.15, -0.1) is 0 Å². The zero-order valence-corrected chi connectivity index (χ0v) is 15.6. The van der Waals surface area contributed by atoms with Crippen molar-refractivity contribution < 1.29 is 14.3 Å². The second-order valence-corrected chi connectivity index (χ2v) is 6.57. The van der Waals surface area contributed by atoms with Crippen molar-refractivity contribution in [2.75, 3.05) is 19.8 Å². The summed E-state index contributed by atoms with van der Waals surface area (Å²) in [7, 11) is 0. The van der Waals surface area contributed by atoms with E-state index in [1.165, 1.54) is 6.20 Å². The molecule has 0 bridgehead atoms. The number of benzene rings is 2. The Morgan fingerprint density at radius 3 is 2.75 bits per heavy atom. The Morgan fingerprint density at radius 2 is 1.93 bits per heavy atom. The SMILES string of the molecule is CCN(Cc1ccc2c(c1)OCCO2)C(=O)Cn1ncc(=O)c2ccccc21. The second kappa shape index (κ2) is 7.72. The van der Waals surface area contributed by atoms with E-state index in [1.54, 1.807) is 27.8 Å². The molecule has 0 saturated carbocycles. The maximum Gasteiger partial charge on any atom is 0.244 e. The third-order valence-electron chi connectivity index (χ3n) is 4.76. The van der Waals surface area contributed by atoms with Crippen LogP contribution in [0.4, 0.5) is 0 Å². The van der Waals surface area contributed by atoms with Crippen LogP contribution >= 0.6 is 0 Å². The van der Waals surface area contributed by atoms with Gasteiger partial charge in [-0.1, -0.05) is 18.2 Å². The fourth-order valence-electron chi connectivity index (χ4n) is 3.30. The molecule has 0 N–H and O–H groups in total.